The second-order valence-corrected chi connectivity index (χ2v) is 8.40. The molecule has 0 spiro atoms. The first-order valence-electron chi connectivity index (χ1n) is 8.47. The fourth-order valence-electron chi connectivity index (χ4n) is 3.35. The average Bonchev–Trinajstić information content (AvgIpc) is 3.00. The van der Waals surface area contributed by atoms with Gasteiger partial charge in [-0.15, -0.1) is 0 Å². The fraction of sp³-hybridized carbons (Fsp3) is 0.143. The number of rotatable bonds is 3. The number of nitrogens with one attached hydrogen (secondary N) is 2. The highest BCUT2D eigenvalue weighted by atomic mass is 32.2. The number of sulfonamides is 1. The van der Waals surface area contributed by atoms with E-state index in [0.29, 0.717) is 5.69 Å². The predicted molar refractivity (Wildman–Crippen MR) is 107 cm³/mol. The number of benzene rings is 3. The summed E-state index contributed by atoms with van der Waals surface area (Å²) < 4.78 is 28.3. The standard InChI is InChI=1S/C21H20N2O2S/c1-13-7-11-16(12-8-13)26(24,25)23-18-6-4-5-17-19-14(2)9-10-15(3)20(19)22-21(17)18/h4-12,22-23H,1-3H3. The number of H-pyrrole nitrogens is 1. The van der Waals surface area contributed by atoms with Crippen LogP contribution in [0.5, 0.6) is 0 Å². The first-order valence-corrected chi connectivity index (χ1v) is 9.95. The number of aryl methyl sites for hydroxylation is 3. The molecule has 0 bridgehead atoms. The Hall–Kier alpha value is -2.79. The SMILES string of the molecule is Cc1ccc(S(=O)(=O)Nc2cccc3c2[nH]c2c(C)ccc(C)c23)cc1. The molecule has 26 heavy (non-hydrogen) atoms. The highest BCUT2D eigenvalue weighted by Gasteiger charge is 2.17. The summed E-state index contributed by atoms with van der Waals surface area (Å²) in [6.45, 7) is 6.05. The van der Waals surface area contributed by atoms with E-state index in [1.54, 1.807) is 30.3 Å². The minimum absolute atomic E-state index is 0.253. The summed E-state index contributed by atoms with van der Waals surface area (Å²) in [6.07, 6.45) is 0. The maximum Gasteiger partial charge on any atom is 0.261 e. The second kappa shape index (κ2) is 5.88. The van der Waals surface area contributed by atoms with Crippen molar-refractivity contribution in [3.8, 4) is 0 Å². The normalized spacial score (nSPS) is 12.0. The zero-order chi connectivity index (χ0) is 18.5. The molecule has 0 saturated carbocycles. The first-order chi connectivity index (χ1) is 12.4. The van der Waals surface area contributed by atoms with Gasteiger partial charge in [-0.25, -0.2) is 8.42 Å². The summed E-state index contributed by atoms with van der Waals surface area (Å²) in [6, 6.07) is 16.7. The monoisotopic (exact) mass is 364 g/mol. The molecule has 4 nitrogen and oxygen atoms in total. The van der Waals surface area contributed by atoms with E-state index in [2.05, 4.69) is 28.8 Å². The van der Waals surface area contributed by atoms with E-state index in [1.165, 1.54) is 0 Å². The predicted octanol–water partition coefficient (Wildman–Crippen LogP) is 5.05. The van der Waals surface area contributed by atoms with Crippen LogP contribution in [0.2, 0.25) is 0 Å². The van der Waals surface area contributed by atoms with Crippen LogP contribution in [0.4, 0.5) is 5.69 Å². The fourth-order valence-corrected chi connectivity index (χ4v) is 4.42. The summed E-state index contributed by atoms with van der Waals surface area (Å²) in [5, 5.41) is 2.15. The minimum atomic E-state index is -3.65. The number of anilines is 1. The lowest BCUT2D eigenvalue weighted by molar-refractivity contribution is 0.601. The molecular formula is C21H20N2O2S. The Labute approximate surface area is 152 Å². The van der Waals surface area contributed by atoms with Crippen molar-refractivity contribution in [2.45, 2.75) is 25.7 Å². The number of para-hydroxylation sites is 1. The number of aromatic amines is 1. The number of aromatic nitrogens is 1. The van der Waals surface area contributed by atoms with Gasteiger partial charge >= 0.3 is 0 Å². The quantitative estimate of drug-likeness (QED) is 0.534. The van der Waals surface area contributed by atoms with E-state index < -0.39 is 10.0 Å². The van der Waals surface area contributed by atoms with Crippen LogP contribution in [0.15, 0.2) is 59.5 Å². The topological polar surface area (TPSA) is 62.0 Å². The van der Waals surface area contributed by atoms with Gasteiger partial charge < -0.3 is 4.98 Å². The lowest BCUT2D eigenvalue weighted by atomic mass is 10.0. The zero-order valence-corrected chi connectivity index (χ0v) is 15.7. The second-order valence-electron chi connectivity index (χ2n) is 6.72. The third kappa shape index (κ3) is 2.65. The third-order valence-electron chi connectivity index (χ3n) is 4.78. The van der Waals surface area contributed by atoms with Crippen molar-refractivity contribution < 1.29 is 8.42 Å². The third-order valence-corrected chi connectivity index (χ3v) is 6.16. The molecule has 132 valence electrons. The van der Waals surface area contributed by atoms with Crippen molar-refractivity contribution in [1.82, 2.24) is 4.98 Å². The van der Waals surface area contributed by atoms with Crippen molar-refractivity contribution in [2.75, 3.05) is 4.72 Å². The summed E-state index contributed by atoms with van der Waals surface area (Å²) in [5.41, 5.74) is 5.72. The molecule has 0 radical (unpaired) electrons. The van der Waals surface area contributed by atoms with Crippen LogP contribution in [-0.2, 0) is 10.0 Å². The van der Waals surface area contributed by atoms with Gasteiger partial charge in [-0.05, 0) is 50.1 Å². The molecule has 4 aromatic rings. The molecule has 0 unspecified atom stereocenters. The molecule has 0 fully saturated rings. The van der Waals surface area contributed by atoms with Gasteiger partial charge in [0.05, 0.1) is 16.1 Å². The molecule has 0 aliphatic rings. The molecule has 1 aromatic heterocycles. The average molecular weight is 364 g/mol. The Bertz CT molecular complexity index is 1240. The van der Waals surface area contributed by atoms with Crippen molar-refractivity contribution >= 4 is 37.5 Å². The van der Waals surface area contributed by atoms with Crippen LogP contribution < -0.4 is 4.72 Å². The summed E-state index contributed by atoms with van der Waals surface area (Å²) >= 11 is 0. The minimum Gasteiger partial charge on any atom is -0.353 e. The highest BCUT2D eigenvalue weighted by molar-refractivity contribution is 7.92. The maximum atomic E-state index is 12.8. The van der Waals surface area contributed by atoms with Crippen LogP contribution in [0, 0.1) is 20.8 Å². The van der Waals surface area contributed by atoms with Crippen LogP contribution in [-0.4, -0.2) is 13.4 Å². The molecule has 1 heterocycles. The lowest BCUT2D eigenvalue weighted by Gasteiger charge is -2.09. The smallest absolute Gasteiger partial charge is 0.261 e. The summed E-state index contributed by atoms with van der Waals surface area (Å²) in [7, 11) is -3.65. The van der Waals surface area contributed by atoms with Gasteiger partial charge in [0.1, 0.15) is 0 Å². The molecule has 3 aromatic carbocycles. The number of fused-ring (bicyclic) bond motifs is 3. The molecule has 2 N–H and O–H groups in total. The molecule has 0 saturated heterocycles. The molecule has 0 aliphatic carbocycles. The van der Waals surface area contributed by atoms with Crippen molar-refractivity contribution in [3.05, 3.63) is 71.3 Å². The van der Waals surface area contributed by atoms with Gasteiger partial charge in [0.2, 0.25) is 0 Å². The van der Waals surface area contributed by atoms with E-state index in [-0.39, 0.29) is 4.90 Å². The number of hydrogen-bond acceptors (Lipinski definition) is 2. The Kier molecular flexibility index (Phi) is 3.77. The Morgan fingerprint density at radius 1 is 0.808 bits per heavy atom. The Morgan fingerprint density at radius 2 is 1.50 bits per heavy atom. The van der Waals surface area contributed by atoms with Crippen molar-refractivity contribution in [2.24, 2.45) is 0 Å². The van der Waals surface area contributed by atoms with Crippen LogP contribution >= 0.6 is 0 Å². The van der Waals surface area contributed by atoms with Crippen LogP contribution in [0.3, 0.4) is 0 Å². The largest absolute Gasteiger partial charge is 0.353 e. The van der Waals surface area contributed by atoms with Gasteiger partial charge in [-0.2, -0.15) is 0 Å². The van der Waals surface area contributed by atoms with E-state index in [0.717, 1.165) is 38.5 Å². The van der Waals surface area contributed by atoms with Gasteiger partial charge in [-0.1, -0.05) is 42.0 Å². The molecule has 0 amide bonds. The maximum absolute atomic E-state index is 12.8. The van der Waals surface area contributed by atoms with Crippen molar-refractivity contribution in [3.63, 3.8) is 0 Å². The van der Waals surface area contributed by atoms with E-state index >= 15 is 0 Å². The summed E-state index contributed by atoms with van der Waals surface area (Å²) in [5.74, 6) is 0. The van der Waals surface area contributed by atoms with E-state index in [9.17, 15) is 8.42 Å². The number of hydrogen-bond donors (Lipinski definition) is 2. The molecule has 0 atom stereocenters. The molecule has 5 heteroatoms. The highest BCUT2D eigenvalue weighted by Crippen LogP contribution is 2.34. The lowest BCUT2D eigenvalue weighted by Crippen LogP contribution is -2.13. The molecular weight excluding hydrogens is 344 g/mol. The van der Waals surface area contributed by atoms with Crippen molar-refractivity contribution in [1.29, 1.82) is 0 Å². The Balaban J connectivity index is 1.89. The van der Waals surface area contributed by atoms with Crippen LogP contribution in [0.25, 0.3) is 21.8 Å². The first kappa shape index (κ1) is 16.7. The zero-order valence-electron chi connectivity index (χ0n) is 14.9. The van der Waals surface area contributed by atoms with Gasteiger partial charge in [-0.3, -0.25) is 4.72 Å². The molecule has 4 rings (SSSR count). The van der Waals surface area contributed by atoms with Gasteiger partial charge in [0, 0.05) is 16.3 Å². The van der Waals surface area contributed by atoms with E-state index in [4.69, 9.17) is 0 Å². The Morgan fingerprint density at radius 3 is 2.23 bits per heavy atom. The van der Waals surface area contributed by atoms with Gasteiger partial charge in [0.15, 0.2) is 0 Å². The molecule has 0 aliphatic heterocycles. The van der Waals surface area contributed by atoms with Gasteiger partial charge in [0.25, 0.3) is 10.0 Å². The summed E-state index contributed by atoms with van der Waals surface area (Å²) in [4.78, 5) is 3.67. The van der Waals surface area contributed by atoms with E-state index in [1.807, 2.05) is 26.0 Å². The van der Waals surface area contributed by atoms with Crippen LogP contribution in [0.1, 0.15) is 16.7 Å².